The predicted octanol–water partition coefficient (Wildman–Crippen LogP) is 2.56. The van der Waals surface area contributed by atoms with E-state index in [-0.39, 0.29) is 11.8 Å². The Labute approximate surface area is 140 Å². The number of aromatic nitrogens is 6. The maximum absolute atomic E-state index is 12.9. The van der Waals surface area contributed by atoms with Gasteiger partial charge in [0.1, 0.15) is 11.4 Å². The average Bonchev–Trinajstić information content (AvgIpc) is 2.95. The number of anilines is 3. The van der Waals surface area contributed by atoms with Gasteiger partial charge in [0.25, 0.3) is 5.95 Å². The lowest BCUT2D eigenvalue weighted by Gasteiger charge is -2.12. The first kappa shape index (κ1) is 16.6. The lowest BCUT2D eigenvalue weighted by atomic mass is 10.3. The summed E-state index contributed by atoms with van der Waals surface area (Å²) in [5.74, 6) is 0.0540. The number of hydrogen-bond donors (Lipinski definition) is 2. The minimum Gasteiger partial charge on any atom is -0.372 e. The number of hydrogen-bond acceptors (Lipinski definition) is 7. The Hall–Kier alpha value is -3.24. The highest BCUT2D eigenvalue weighted by atomic mass is 19.4. The van der Waals surface area contributed by atoms with Crippen LogP contribution in [-0.2, 0) is 6.18 Å². The molecule has 130 valence electrons. The number of nitrogens with zero attached hydrogens (tertiary/aromatic N) is 6. The lowest BCUT2D eigenvalue weighted by Crippen LogP contribution is -2.12. The molecule has 2 N–H and O–H groups in total. The van der Waals surface area contributed by atoms with Gasteiger partial charge in [0.2, 0.25) is 5.95 Å². The van der Waals surface area contributed by atoms with Gasteiger partial charge in [0.05, 0.1) is 17.6 Å². The first-order chi connectivity index (χ1) is 11.9. The third-order valence-electron chi connectivity index (χ3n) is 3.23. The van der Waals surface area contributed by atoms with E-state index in [1.54, 1.807) is 31.6 Å². The van der Waals surface area contributed by atoms with Crippen LogP contribution in [-0.4, -0.2) is 36.8 Å². The van der Waals surface area contributed by atoms with Crippen LogP contribution in [0.3, 0.4) is 0 Å². The second-order valence-electron chi connectivity index (χ2n) is 4.95. The van der Waals surface area contributed by atoms with Gasteiger partial charge in [-0.2, -0.15) is 23.3 Å². The minimum atomic E-state index is -4.54. The SMILES string of the molecule is CNc1nc(Nc2cn(-c3ncccn3)nc2C)ncc1C(F)(F)F. The molecule has 0 bridgehead atoms. The molecular formula is C14H13F3N8. The summed E-state index contributed by atoms with van der Waals surface area (Å²) in [5, 5.41) is 9.52. The Bertz CT molecular complexity index is 876. The van der Waals surface area contributed by atoms with E-state index in [0.717, 1.165) is 6.20 Å². The zero-order valence-electron chi connectivity index (χ0n) is 13.2. The van der Waals surface area contributed by atoms with Gasteiger partial charge in [-0.1, -0.05) is 0 Å². The number of halogens is 3. The number of nitrogens with one attached hydrogen (secondary N) is 2. The van der Waals surface area contributed by atoms with Gasteiger partial charge in [-0.3, -0.25) is 0 Å². The maximum Gasteiger partial charge on any atom is 0.421 e. The molecule has 25 heavy (non-hydrogen) atoms. The van der Waals surface area contributed by atoms with Crippen LogP contribution in [0, 0.1) is 6.92 Å². The van der Waals surface area contributed by atoms with Gasteiger partial charge in [-0.25, -0.2) is 19.6 Å². The van der Waals surface area contributed by atoms with Crippen LogP contribution in [0.5, 0.6) is 0 Å². The van der Waals surface area contributed by atoms with Crippen LogP contribution in [0.15, 0.2) is 30.9 Å². The van der Waals surface area contributed by atoms with Gasteiger partial charge in [-0.15, -0.1) is 0 Å². The maximum atomic E-state index is 12.9. The summed E-state index contributed by atoms with van der Waals surface area (Å²) in [6.45, 7) is 1.73. The highest BCUT2D eigenvalue weighted by molar-refractivity contribution is 5.58. The standard InChI is InChI=1S/C14H13F3N8/c1-8-10(7-25(24-8)13-19-4-3-5-20-13)22-12-21-6-9(14(15,16)17)11(18-2)23-12/h3-7H,1-2H3,(H2,18,21,22,23). The van der Waals surface area contributed by atoms with Crippen LogP contribution in [0.1, 0.15) is 11.3 Å². The Morgan fingerprint density at radius 3 is 2.48 bits per heavy atom. The molecule has 0 aliphatic heterocycles. The highest BCUT2D eigenvalue weighted by Crippen LogP contribution is 2.33. The molecule has 0 atom stereocenters. The van der Waals surface area contributed by atoms with Gasteiger partial charge in [0.15, 0.2) is 0 Å². The molecule has 0 unspecified atom stereocenters. The first-order valence-electron chi connectivity index (χ1n) is 7.11. The molecular weight excluding hydrogens is 337 g/mol. The highest BCUT2D eigenvalue weighted by Gasteiger charge is 2.35. The van der Waals surface area contributed by atoms with Crippen molar-refractivity contribution in [3.05, 3.63) is 42.1 Å². The molecule has 0 aliphatic carbocycles. The molecule has 0 radical (unpaired) electrons. The summed E-state index contributed by atoms with van der Waals surface area (Å²) in [6.07, 6.45) is 0.934. The van der Waals surface area contributed by atoms with E-state index >= 15 is 0 Å². The van der Waals surface area contributed by atoms with Crippen molar-refractivity contribution < 1.29 is 13.2 Å². The zero-order chi connectivity index (χ0) is 18.0. The molecule has 0 amide bonds. The van der Waals surface area contributed by atoms with Crippen molar-refractivity contribution in [2.75, 3.05) is 17.7 Å². The van der Waals surface area contributed by atoms with Gasteiger partial charge < -0.3 is 10.6 Å². The number of alkyl halides is 3. The quantitative estimate of drug-likeness (QED) is 0.747. The predicted molar refractivity (Wildman–Crippen MR) is 83.8 cm³/mol. The second kappa shape index (κ2) is 6.34. The van der Waals surface area contributed by atoms with Gasteiger partial charge in [0, 0.05) is 25.6 Å². The van der Waals surface area contributed by atoms with Crippen LogP contribution in [0.2, 0.25) is 0 Å². The lowest BCUT2D eigenvalue weighted by molar-refractivity contribution is -0.137. The third kappa shape index (κ3) is 3.49. The molecule has 3 aromatic rings. The molecule has 0 aliphatic rings. The molecule has 0 saturated carbocycles. The van der Waals surface area contributed by atoms with Crippen molar-refractivity contribution in [2.45, 2.75) is 13.1 Å². The van der Waals surface area contributed by atoms with E-state index in [1.807, 2.05) is 0 Å². The van der Waals surface area contributed by atoms with Crippen molar-refractivity contribution in [1.29, 1.82) is 0 Å². The van der Waals surface area contributed by atoms with Crippen molar-refractivity contribution in [3.63, 3.8) is 0 Å². The van der Waals surface area contributed by atoms with E-state index in [4.69, 9.17) is 0 Å². The minimum absolute atomic E-state index is 0.00831. The molecule has 0 spiro atoms. The molecule has 0 aromatic carbocycles. The molecule has 8 nitrogen and oxygen atoms in total. The van der Waals surface area contributed by atoms with Crippen molar-refractivity contribution >= 4 is 17.5 Å². The number of aryl methyl sites for hydroxylation is 1. The van der Waals surface area contributed by atoms with E-state index in [2.05, 4.69) is 35.7 Å². The molecule has 0 saturated heterocycles. The molecule has 3 aromatic heterocycles. The average molecular weight is 350 g/mol. The Balaban J connectivity index is 1.89. The van der Waals surface area contributed by atoms with Gasteiger partial charge in [-0.05, 0) is 13.0 Å². The molecule has 3 heterocycles. The molecule has 0 fully saturated rings. The van der Waals surface area contributed by atoms with E-state index in [0.29, 0.717) is 17.3 Å². The summed E-state index contributed by atoms with van der Waals surface area (Å²) in [7, 11) is 1.36. The largest absolute Gasteiger partial charge is 0.421 e. The fraction of sp³-hybridized carbons (Fsp3) is 0.214. The van der Waals surface area contributed by atoms with Crippen molar-refractivity contribution in [3.8, 4) is 5.95 Å². The third-order valence-corrected chi connectivity index (χ3v) is 3.23. The van der Waals surface area contributed by atoms with Crippen molar-refractivity contribution in [1.82, 2.24) is 29.7 Å². The smallest absolute Gasteiger partial charge is 0.372 e. The summed E-state index contributed by atoms with van der Waals surface area (Å²) < 4.78 is 40.1. The van der Waals surface area contributed by atoms with Crippen LogP contribution in [0.25, 0.3) is 5.95 Å². The first-order valence-corrected chi connectivity index (χ1v) is 7.11. The zero-order valence-corrected chi connectivity index (χ0v) is 13.2. The Morgan fingerprint density at radius 1 is 1.12 bits per heavy atom. The Kier molecular flexibility index (Phi) is 4.21. The normalized spacial score (nSPS) is 11.4. The second-order valence-corrected chi connectivity index (χ2v) is 4.95. The summed E-state index contributed by atoms with van der Waals surface area (Å²) in [6, 6.07) is 1.67. The van der Waals surface area contributed by atoms with E-state index < -0.39 is 11.7 Å². The molecule has 11 heteroatoms. The van der Waals surface area contributed by atoms with Crippen LogP contribution < -0.4 is 10.6 Å². The summed E-state index contributed by atoms with van der Waals surface area (Å²) >= 11 is 0. The monoisotopic (exact) mass is 350 g/mol. The summed E-state index contributed by atoms with van der Waals surface area (Å²) in [4.78, 5) is 15.7. The van der Waals surface area contributed by atoms with Crippen LogP contribution in [0.4, 0.5) is 30.6 Å². The fourth-order valence-electron chi connectivity index (χ4n) is 2.06. The summed E-state index contributed by atoms with van der Waals surface area (Å²) in [5.41, 5.74) is 0.168. The fourth-order valence-corrected chi connectivity index (χ4v) is 2.06. The van der Waals surface area contributed by atoms with Crippen molar-refractivity contribution in [2.24, 2.45) is 0 Å². The van der Waals surface area contributed by atoms with E-state index in [9.17, 15) is 13.2 Å². The van der Waals surface area contributed by atoms with Crippen LogP contribution >= 0.6 is 0 Å². The Morgan fingerprint density at radius 2 is 1.84 bits per heavy atom. The molecule has 3 rings (SSSR count). The van der Waals surface area contributed by atoms with Gasteiger partial charge >= 0.3 is 6.18 Å². The number of rotatable bonds is 4. The van der Waals surface area contributed by atoms with E-state index in [1.165, 1.54) is 11.7 Å². The topological polar surface area (TPSA) is 93.4 Å².